The van der Waals surface area contributed by atoms with Crippen LogP contribution < -0.4 is 14.9 Å². The highest BCUT2D eigenvalue weighted by Gasteiger charge is 2.51. The van der Waals surface area contributed by atoms with Gasteiger partial charge in [0, 0.05) is 0 Å². The largest absolute Gasteiger partial charge is 0.494 e. The fourth-order valence-corrected chi connectivity index (χ4v) is 2.83. The Hall–Kier alpha value is -2.05. The molecule has 0 unspecified atom stereocenters. The molecule has 4 nitrogen and oxygen atoms in total. The Kier molecular flexibility index (Phi) is 4.43. The Balaban J connectivity index is 1.47. The van der Waals surface area contributed by atoms with Gasteiger partial charge in [-0.25, -0.2) is 0 Å². The number of rotatable bonds is 5. The standard InChI is InChI=1S/C21H24BFO4/c1-20(2)21(3,4)27-22(26-20)14-8-10-15(11-9-14)24-17-6-5-7-18(19(17)23)25-16-12-13-16/h5-11,16H,12-13H2,1-4H3. The smallest absolute Gasteiger partial charge is 0.487 e. The highest BCUT2D eigenvalue weighted by molar-refractivity contribution is 6.62. The minimum Gasteiger partial charge on any atom is -0.487 e. The summed E-state index contributed by atoms with van der Waals surface area (Å²) < 4.78 is 37.9. The Morgan fingerprint density at radius 3 is 2.11 bits per heavy atom. The van der Waals surface area contributed by atoms with Crippen molar-refractivity contribution in [3.05, 3.63) is 48.3 Å². The molecule has 0 aromatic heterocycles. The molecular formula is C21H24BFO4. The second kappa shape index (κ2) is 6.53. The third-order valence-electron chi connectivity index (χ3n) is 5.38. The second-order valence-electron chi connectivity index (χ2n) is 8.14. The molecule has 0 spiro atoms. The molecule has 1 heterocycles. The highest BCUT2D eigenvalue weighted by atomic mass is 19.1. The Morgan fingerprint density at radius 2 is 1.52 bits per heavy atom. The van der Waals surface area contributed by atoms with E-state index in [9.17, 15) is 4.39 Å². The highest BCUT2D eigenvalue weighted by Crippen LogP contribution is 2.37. The summed E-state index contributed by atoms with van der Waals surface area (Å²) in [6.45, 7) is 8.07. The number of halogens is 1. The molecule has 2 aromatic carbocycles. The zero-order valence-corrected chi connectivity index (χ0v) is 16.1. The van der Waals surface area contributed by atoms with Crippen LogP contribution in [-0.4, -0.2) is 24.4 Å². The van der Waals surface area contributed by atoms with Gasteiger partial charge in [-0.15, -0.1) is 0 Å². The number of benzene rings is 2. The van der Waals surface area contributed by atoms with Crippen LogP contribution in [0.25, 0.3) is 0 Å². The van der Waals surface area contributed by atoms with Crippen molar-refractivity contribution in [3.8, 4) is 17.2 Å². The van der Waals surface area contributed by atoms with Crippen molar-refractivity contribution in [2.45, 2.75) is 57.8 Å². The lowest BCUT2D eigenvalue weighted by Crippen LogP contribution is -2.41. The van der Waals surface area contributed by atoms with Crippen LogP contribution in [-0.2, 0) is 9.31 Å². The van der Waals surface area contributed by atoms with Crippen molar-refractivity contribution in [1.82, 2.24) is 0 Å². The second-order valence-corrected chi connectivity index (χ2v) is 8.14. The van der Waals surface area contributed by atoms with Crippen LogP contribution >= 0.6 is 0 Å². The Morgan fingerprint density at radius 1 is 0.926 bits per heavy atom. The molecule has 2 aliphatic rings. The molecule has 27 heavy (non-hydrogen) atoms. The normalized spacial score (nSPS) is 20.6. The van der Waals surface area contributed by atoms with Gasteiger partial charge in [0.15, 0.2) is 11.5 Å². The van der Waals surface area contributed by atoms with Gasteiger partial charge in [0.2, 0.25) is 5.82 Å². The molecule has 0 atom stereocenters. The maximum atomic E-state index is 14.6. The van der Waals surface area contributed by atoms with Crippen molar-refractivity contribution in [3.63, 3.8) is 0 Å². The summed E-state index contributed by atoms with van der Waals surface area (Å²) >= 11 is 0. The molecule has 1 aliphatic carbocycles. The molecular weight excluding hydrogens is 346 g/mol. The summed E-state index contributed by atoms with van der Waals surface area (Å²) in [5.41, 5.74) is 0.114. The zero-order chi connectivity index (χ0) is 19.2. The average molecular weight is 370 g/mol. The molecule has 6 heteroatoms. The van der Waals surface area contributed by atoms with Crippen molar-refractivity contribution in [1.29, 1.82) is 0 Å². The van der Waals surface area contributed by atoms with E-state index in [-0.39, 0.29) is 17.6 Å². The van der Waals surface area contributed by atoms with E-state index in [1.807, 2.05) is 39.8 Å². The molecule has 142 valence electrons. The summed E-state index contributed by atoms with van der Waals surface area (Å²) in [5, 5.41) is 0. The summed E-state index contributed by atoms with van der Waals surface area (Å²) in [7, 11) is -0.434. The lowest BCUT2D eigenvalue weighted by molar-refractivity contribution is 0.00578. The monoisotopic (exact) mass is 370 g/mol. The van der Waals surface area contributed by atoms with Gasteiger partial charge in [-0.3, -0.25) is 0 Å². The fraction of sp³-hybridized carbons (Fsp3) is 0.429. The van der Waals surface area contributed by atoms with Crippen LogP contribution in [0.2, 0.25) is 0 Å². The van der Waals surface area contributed by atoms with E-state index in [1.54, 1.807) is 30.3 Å². The van der Waals surface area contributed by atoms with E-state index >= 15 is 0 Å². The predicted octanol–water partition coefficient (Wildman–Crippen LogP) is 4.46. The predicted molar refractivity (Wildman–Crippen MR) is 102 cm³/mol. The summed E-state index contributed by atoms with van der Waals surface area (Å²) in [6.07, 6.45) is 2.09. The minimum absolute atomic E-state index is 0.133. The van der Waals surface area contributed by atoms with Crippen LogP contribution in [0.5, 0.6) is 17.2 Å². The van der Waals surface area contributed by atoms with Crippen molar-refractivity contribution in [2.24, 2.45) is 0 Å². The van der Waals surface area contributed by atoms with Gasteiger partial charge in [0.1, 0.15) is 5.75 Å². The maximum absolute atomic E-state index is 14.6. The van der Waals surface area contributed by atoms with Crippen LogP contribution in [0.4, 0.5) is 4.39 Å². The third-order valence-corrected chi connectivity index (χ3v) is 5.38. The van der Waals surface area contributed by atoms with E-state index in [2.05, 4.69) is 0 Å². The topological polar surface area (TPSA) is 36.9 Å². The molecule has 0 bridgehead atoms. The first-order valence-corrected chi connectivity index (χ1v) is 9.34. The Labute approximate surface area is 159 Å². The fourth-order valence-electron chi connectivity index (χ4n) is 2.83. The average Bonchev–Trinajstić information content (AvgIpc) is 3.38. The van der Waals surface area contributed by atoms with Gasteiger partial charge in [0.25, 0.3) is 0 Å². The van der Waals surface area contributed by atoms with Gasteiger partial charge in [-0.05, 0) is 70.3 Å². The van der Waals surface area contributed by atoms with Gasteiger partial charge >= 0.3 is 7.12 Å². The molecule has 1 saturated heterocycles. The first-order chi connectivity index (χ1) is 12.7. The summed E-state index contributed by atoms with van der Waals surface area (Å²) in [5.74, 6) is 0.456. The molecule has 0 amide bonds. The van der Waals surface area contributed by atoms with E-state index in [0.717, 1.165) is 18.3 Å². The zero-order valence-electron chi connectivity index (χ0n) is 16.1. The molecule has 1 saturated carbocycles. The molecule has 0 radical (unpaired) electrons. The van der Waals surface area contributed by atoms with Gasteiger partial charge in [0.05, 0.1) is 17.3 Å². The molecule has 4 rings (SSSR count). The minimum atomic E-state index is -0.473. The van der Waals surface area contributed by atoms with Crippen LogP contribution in [0.15, 0.2) is 42.5 Å². The van der Waals surface area contributed by atoms with Crippen LogP contribution in [0, 0.1) is 5.82 Å². The number of ether oxygens (including phenoxy) is 2. The first-order valence-electron chi connectivity index (χ1n) is 9.34. The maximum Gasteiger partial charge on any atom is 0.494 e. The van der Waals surface area contributed by atoms with Gasteiger partial charge < -0.3 is 18.8 Å². The van der Waals surface area contributed by atoms with E-state index in [1.165, 1.54) is 0 Å². The van der Waals surface area contributed by atoms with E-state index < -0.39 is 24.1 Å². The summed E-state index contributed by atoms with van der Waals surface area (Å²) in [6, 6.07) is 12.3. The van der Waals surface area contributed by atoms with E-state index in [0.29, 0.717) is 5.75 Å². The lowest BCUT2D eigenvalue weighted by Gasteiger charge is -2.32. The van der Waals surface area contributed by atoms with Crippen LogP contribution in [0.1, 0.15) is 40.5 Å². The van der Waals surface area contributed by atoms with Crippen molar-refractivity contribution < 1.29 is 23.2 Å². The molecule has 1 aliphatic heterocycles. The molecule has 0 N–H and O–H groups in total. The SMILES string of the molecule is CC1(C)OB(c2ccc(Oc3cccc(OC4CC4)c3F)cc2)OC1(C)C. The lowest BCUT2D eigenvalue weighted by atomic mass is 9.79. The number of hydrogen-bond donors (Lipinski definition) is 0. The number of hydrogen-bond acceptors (Lipinski definition) is 4. The van der Waals surface area contributed by atoms with Gasteiger partial charge in [-0.1, -0.05) is 18.2 Å². The molecule has 2 fully saturated rings. The molecule has 2 aromatic rings. The van der Waals surface area contributed by atoms with Gasteiger partial charge in [-0.2, -0.15) is 4.39 Å². The third kappa shape index (κ3) is 3.69. The quantitative estimate of drug-likeness (QED) is 0.729. The summed E-state index contributed by atoms with van der Waals surface area (Å²) in [4.78, 5) is 0. The Bertz CT molecular complexity index is 815. The first kappa shape index (κ1) is 18.3. The van der Waals surface area contributed by atoms with Crippen molar-refractivity contribution in [2.75, 3.05) is 0 Å². The van der Waals surface area contributed by atoms with E-state index in [4.69, 9.17) is 18.8 Å². The van der Waals surface area contributed by atoms with Crippen LogP contribution in [0.3, 0.4) is 0 Å². The van der Waals surface area contributed by atoms with Crippen molar-refractivity contribution >= 4 is 12.6 Å².